The van der Waals surface area contributed by atoms with Crippen molar-refractivity contribution in [1.82, 2.24) is 18.6 Å². The van der Waals surface area contributed by atoms with E-state index in [2.05, 4.69) is 15.0 Å². The number of benzene rings is 1. The van der Waals surface area contributed by atoms with Crippen LogP contribution in [0.3, 0.4) is 0 Å². The zero-order chi connectivity index (χ0) is 20.2. The van der Waals surface area contributed by atoms with E-state index in [1.807, 2.05) is 11.6 Å². The van der Waals surface area contributed by atoms with Crippen molar-refractivity contribution in [2.24, 2.45) is 0 Å². The molecule has 29 heavy (non-hydrogen) atoms. The number of piperidine rings is 1. The number of aryl methyl sites for hydroxylation is 1. The Balaban J connectivity index is 1.72. The summed E-state index contributed by atoms with van der Waals surface area (Å²) in [5.74, 6) is 0.394. The van der Waals surface area contributed by atoms with E-state index in [1.165, 1.54) is 10.4 Å². The predicted molar refractivity (Wildman–Crippen MR) is 113 cm³/mol. The first-order valence-electron chi connectivity index (χ1n) is 9.68. The van der Waals surface area contributed by atoms with Gasteiger partial charge in [0.1, 0.15) is 11.0 Å². The molecule has 0 bridgehead atoms. The maximum Gasteiger partial charge on any atom is 0.269 e. The number of imidazole rings is 1. The fourth-order valence-electron chi connectivity index (χ4n) is 4.01. The molecule has 0 spiro atoms. The fraction of sp³-hybridized carbons (Fsp3) is 0.300. The quantitative estimate of drug-likeness (QED) is 0.557. The monoisotopic (exact) mass is 410 g/mol. The molecular weight excluding hydrogens is 388 g/mol. The predicted octanol–water partition coefficient (Wildman–Crippen LogP) is 2.64. The number of pyridine rings is 1. The van der Waals surface area contributed by atoms with E-state index in [0.29, 0.717) is 22.5 Å². The lowest BCUT2D eigenvalue weighted by Crippen LogP contribution is -2.39. The molecule has 1 aromatic carbocycles. The van der Waals surface area contributed by atoms with Crippen LogP contribution in [0.2, 0.25) is 0 Å². The van der Waals surface area contributed by atoms with Gasteiger partial charge < -0.3 is 10.7 Å². The second-order valence-corrected chi connectivity index (χ2v) is 9.27. The molecule has 0 aliphatic carbocycles. The summed E-state index contributed by atoms with van der Waals surface area (Å²) in [6, 6.07) is 8.58. The SMILES string of the molecule is Cc1ccc(S(=O)(=O)n2ccc3c2ncc2nc(N)n(N4CCCCC4)c23)cc1. The van der Waals surface area contributed by atoms with E-state index in [9.17, 15) is 8.42 Å². The van der Waals surface area contributed by atoms with Crippen molar-refractivity contribution in [1.29, 1.82) is 0 Å². The van der Waals surface area contributed by atoms with Gasteiger partial charge in [-0.05, 0) is 44.4 Å². The van der Waals surface area contributed by atoms with Crippen molar-refractivity contribution < 1.29 is 8.42 Å². The number of nitrogen functional groups attached to an aromatic ring is 1. The van der Waals surface area contributed by atoms with Crippen LogP contribution in [0.25, 0.3) is 22.1 Å². The van der Waals surface area contributed by atoms with Crippen LogP contribution < -0.4 is 10.7 Å². The van der Waals surface area contributed by atoms with Gasteiger partial charge in [0.05, 0.1) is 11.1 Å². The molecule has 0 radical (unpaired) electrons. The Kier molecular flexibility index (Phi) is 4.02. The van der Waals surface area contributed by atoms with Crippen LogP contribution in [0.4, 0.5) is 5.95 Å². The van der Waals surface area contributed by atoms with Crippen molar-refractivity contribution >= 4 is 38.0 Å². The molecule has 2 N–H and O–H groups in total. The highest BCUT2D eigenvalue weighted by atomic mass is 32.2. The van der Waals surface area contributed by atoms with E-state index in [4.69, 9.17) is 5.73 Å². The fourth-order valence-corrected chi connectivity index (χ4v) is 5.31. The molecular formula is C20H22N6O2S. The average molecular weight is 411 g/mol. The lowest BCUT2D eigenvalue weighted by atomic mass is 10.2. The van der Waals surface area contributed by atoms with Gasteiger partial charge in [-0.25, -0.2) is 27.0 Å². The maximum atomic E-state index is 13.2. The number of nitrogens with zero attached hydrogens (tertiary/aromatic N) is 5. The molecule has 3 aromatic heterocycles. The third-order valence-corrected chi connectivity index (χ3v) is 7.17. The molecule has 4 heterocycles. The van der Waals surface area contributed by atoms with Crippen molar-refractivity contribution in [3.63, 3.8) is 0 Å². The summed E-state index contributed by atoms with van der Waals surface area (Å²) in [7, 11) is -3.76. The number of aromatic nitrogens is 4. The van der Waals surface area contributed by atoms with Gasteiger partial charge in [0.15, 0.2) is 5.65 Å². The molecule has 0 saturated carbocycles. The van der Waals surface area contributed by atoms with Crippen molar-refractivity contribution in [3.05, 3.63) is 48.3 Å². The normalized spacial score (nSPS) is 15.4. The Bertz CT molecular complexity index is 1310. The summed E-state index contributed by atoms with van der Waals surface area (Å²) in [5, 5.41) is 2.90. The van der Waals surface area contributed by atoms with E-state index >= 15 is 0 Å². The van der Waals surface area contributed by atoms with Crippen LogP contribution in [0.15, 0.2) is 47.6 Å². The van der Waals surface area contributed by atoms with Crippen LogP contribution in [-0.2, 0) is 10.0 Å². The third kappa shape index (κ3) is 2.76. The van der Waals surface area contributed by atoms with Crippen molar-refractivity contribution in [2.75, 3.05) is 23.8 Å². The van der Waals surface area contributed by atoms with Crippen molar-refractivity contribution in [3.8, 4) is 0 Å². The Morgan fingerprint density at radius 2 is 1.76 bits per heavy atom. The van der Waals surface area contributed by atoms with Gasteiger partial charge in [-0.15, -0.1) is 0 Å². The number of rotatable bonds is 3. The highest BCUT2D eigenvalue weighted by Gasteiger charge is 2.24. The van der Waals surface area contributed by atoms with Gasteiger partial charge in [0.2, 0.25) is 5.95 Å². The minimum Gasteiger partial charge on any atom is -0.368 e. The van der Waals surface area contributed by atoms with Gasteiger partial charge >= 0.3 is 0 Å². The minimum atomic E-state index is -3.76. The Labute approximate surface area is 168 Å². The van der Waals surface area contributed by atoms with Crippen molar-refractivity contribution in [2.45, 2.75) is 31.1 Å². The molecule has 150 valence electrons. The van der Waals surface area contributed by atoms with E-state index < -0.39 is 10.0 Å². The molecule has 1 fully saturated rings. The van der Waals surface area contributed by atoms with Gasteiger partial charge in [0, 0.05) is 24.7 Å². The summed E-state index contributed by atoms with van der Waals surface area (Å²) >= 11 is 0. The maximum absolute atomic E-state index is 13.2. The van der Waals surface area contributed by atoms with Gasteiger partial charge in [-0.3, -0.25) is 0 Å². The molecule has 0 unspecified atom stereocenters. The first-order valence-corrected chi connectivity index (χ1v) is 11.1. The highest BCUT2D eigenvalue weighted by molar-refractivity contribution is 7.90. The number of hydrogen-bond donors (Lipinski definition) is 1. The summed E-state index contributed by atoms with van der Waals surface area (Å²) in [4.78, 5) is 9.10. The molecule has 1 aliphatic rings. The summed E-state index contributed by atoms with van der Waals surface area (Å²) in [5.41, 5.74) is 9.06. The number of hydrogen-bond acceptors (Lipinski definition) is 6. The van der Waals surface area contributed by atoms with Gasteiger partial charge in [-0.2, -0.15) is 0 Å². The molecule has 0 amide bonds. The first-order chi connectivity index (χ1) is 14.0. The molecule has 1 saturated heterocycles. The lowest BCUT2D eigenvalue weighted by Gasteiger charge is -2.30. The van der Waals surface area contributed by atoms with Gasteiger partial charge in [0.25, 0.3) is 10.0 Å². The average Bonchev–Trinajstić information content (AvgIpc) is 3.29. The van der Waals surface area contributed by atoms with Crippen LogP contribution in [-0.4, -0.2) is 40.1 Å². The molecule has 5 rings (SSSR count). The number of nitrogens with two attached hydrogens (primary N) is 1. The molecule has 1 aliphatic heterocycles. The summed E-state index contributed by atoms with van der Waals surface area (Å²) in [6.07, 6.45) is 6.53. The van der Waals surface area contributed by atoms with E-state index in [1.54, 1.807) is 42.7 Å². The highest BCUT2D eigenvalue weighted by Crippen LogP contribution is 2.29. The number of anilines is 1. The summed E-state index contributed by atoms with van der Waals surface area (Å²) in [6.45, 7) is 3.70. The van der Waals surface area contributed by atoms with Gasteiger partial charge in [-0.1, -0.05) is 17.7 Å². The molecule has 8 nitrogen and oxygen atoms in total. The second-order valence-electron chi connectivity index (χ2n) is 7.46. The molecule has 9 heteroatoms. The Morgan fingerprint density at radius 3 is 2.48 bits per heavy atom. The molecule has 0 atom stereocenters. The molecule has 4 aromatic rings. The van der Waals surface area contributed by atoms with Crippen LogP contribution in [0, 0.1) is 6.92 Å². The third-order valence-electron chi connectivity index (χ3n) is 5.49. The Morgan fingerprint density at radius 1 is 1.03 bits per heavy atom. The Hall–Kier alpha value is -3.07. The van der Waals surface area contributed by atoms with Crippen LogP contribution in [0.1, 0.15) is 24.8 Å². The zero-order valence-electron chi connectivity index (χ0n) is 16.1. The first kappa shape index (κ1) is 18.0. The lowest BCUT2D eigenvalue weighted by molar-refractivity contribution is 0.489. The smallest absolute Gasteiger partial charge is 0.269 e. The zero-order valence-corrected chi connectivity index (χ0v) is 16.9. The van der Waals surface area contributed by atoms with Crippen LogP contribution in [0.5, 0.6) is 0 Å². The summed E-state index contributed by atoms with van der Waals surface area (Å²) < 4.78 is 29.6. The largest absolute Gasteiger partial charge is 0.368 e. The van der Waals surface area contributed by atoms with E-state index in [-0.39, 0.29) is 4.90 Å². The minimum absolute atomic E-state index is 0.228. The number of fused-ring (bicyclic) bond motifs is 3. The van der Waals surface area contributed by atoms with Crippen LogP contribution >= 0.6 is 0 Å². The standard InChI is InChI=1S/C20H22N6O2S/c1-14-5-7-15(8-6-14)29(27,28)25-12-9-16-18-17(13-22-19(16)25)23-20(21)26(18)24-10-3-2-4-11-24/h5-9,12-13H,2-4,10-11H2,1H3,(H2,21,23). The van der Waals surface area contributed by atoms with E-state index in [0.717, 1.165) is 37.0 Å². The second kappa shape index (κ2) is 6.48. The topological polar surface area (TPSA) is 99.0 Å².